The summed E-state index contributed by atoms with van der Waals surface area (Å²) >= 11 is 0. The number of ether oxygens (including phenoxy) is 1. The molecule has 0 aromatic heterocycles. The molecule has 1 aliphatic rings. The highest BCUT2D eigenvalue weighted by molar-refractivity contribution is 5.83. The molecule has 14 heavy (non-hydrogen) atoms. The van der Waals surface area contributed by atoms with Crippen molar-refractivity contribution in [3.63, 3.8) is 0 Å². The van der Waals surface area contributed by atoms with Crippen LogP contribution in [0.25, 0.3) is 0 Å². The Hall–Kier alpha value is -0.930. The Morgan fingerprint density at radius 2 is 2.07 bits per heavy atom. The molecule has 1 fully saturated rings. The molecule has 1 aliphatic carbocycles. The van der Waals surface area contributed by atoms with E-state index in [0.717, 1.165) is 5.57 Å². The topological polar surface area (TPSA) is 26.3 Å². The summed E-state index contributed by atoms with van der Waals surface area (Å²) in [5.74, 6) is -0.422. The van der Waals surface area contributed by atoms with Gasteiger partial charge in [0.2, 0.25) is 0 Å². The van der Waals surface area contributed by atoms with Gasteiger partial charge in [0, 0.05) is 11.5 Å². The lowest BCUT2D eigenvalue weighted by Crippen LogP contribution is -2.36. The predicted molar refractivity (Wildman–Crippen MR) is 48.3 cm³/mol. The van der Waals surface area contributed by atoms with Crippen LogP contribution in [0.15, 0.2) is 11.6 Å². The van der Waals surface area contributed by atoms with Crippen molar-refractivity contribution in [2.24, 2.45) is 5.41 Å². The van der Waals surface area contributed by atoms with Gasteiger partial charge in [-0.05, 0) is 19.8 Å². The number of carbonyl (C=O) groups excluding carboxylic acids is 1. The second-order valence-electron chi connectivity index (χ2n) is 3.68. The Morgan fingerprint density at radius 3 is 2.50 bits per heavy atom. The maximum Gasteiger partial charge on any atom is 0.330 e. The van der Waals surface area contributed by atoms with E-state index >= 15 is 0 Å². The molecule has 4 heteroatoms. The Balaban J connectivity index is 2.43. The lowest BCUT2D eigenvalue weighted by atomic mass is 9.67. The van der Waals surface area contributed by atoms with Crippen LogP contribution in [-0.4, -0.2) is 25.9 Å². The maximum absolute atomic E-state index is 12.4. The minimum absolute atomic E-state index is 0.319. The lowest BCUT2D eigenvalue weighted by molar-refractivity contribution is -0.137. The van der Waals surface area contributed by atoms with Gasteiger partial charge in [-0.1, -0.05) is 5.57 Å². The van der Waals surface area contributed by atoms with Gasteiger partial charge in [-0.3, -0.25) is 8.78 Å². The summed E-state index contributed by atoms with van der Waals surface area (Å²) in [6.07, 6.45) is 2.00. The van der Waals surface area contributed by atoms with Crippen LogP contribution in [0.1, 0.15) is 19.8 Å². The number of halogens is 2. The van der Waals surface area contributed by atoms with Crippen LogP contribution in [0.2, 0.25) is 0 Å². The molecule has 0 saturated heterocycles. The maximum atomic E-state index is 12.4. The van der Waals surface area contributed by atoms with Crippen LogP contribution in [-0.2, 0) is 9.53 Å². The third-order valence-corrected chi connectivity index (χ3v) is 2.38. The number of carbonyl (C=O) groups is 1. The van der Waals surface area contributed by atoms with Crippen LogP contribution in [0, 0.1) is 5.41 Å². The monoisotopic (exact) mass is 204 g/mol. The van der Waals surface area contributed by atoms with Crippen molar-refractivity contribution >= 4 is 5.97 Å². The molecule has 1 saturated carbocycles. The van der Waals surface area contributed by atoms with Crippen molar-refractivity contribution in [3.8, 4) is 0 Å². The van der Waals surface area contributed by atoms with Crippen molar-refractivity contribution in [1.82, 2.24) is 0 Å². The molecule has 80 valence electrons. The minimum Gasteiger partial charge on any atom is -0.463 e. The predicted octanol–water partition coefficient (Wildman–Crippen LogP) is 2.20. The highest BCUT2D eigenvalue weighted by Gasteiger charge is 2.41. The van der Waals surface area contributed by atoms with Crippen LogP contribution in [0.5, 0.6) is 0 Å². The van der Waals surface area contributed by atoms with Crippen molar-refractivity contribution in [2.75, 3.05) is 20.0 Å². The van der Waals surface area contributed by atoms with Crippen molar-refractivity contribution in [2.45, 2.75) is 19.8 Å². The molecule has 0 bridgehead atoms. The average molecular weight is 204 g/mol. The van der Waals surface area contributed by atoms with Gasteiger partial charge >= 0.3 is 5.97 Å². The van der Waals surface area contributed by atoms with E-state index in [1.807, 2.05) is 0 Å². The molecular weight excluding hydrogens is 190 g/mol. The smallest absolute Gasteiger partial charge is 0.330 e. The number of alkyl halides is 2. The third-order valence-electron chi connectivity index (χ3n) is 2.38. The first-order chi connectivity index (χ1) is 6.65. The number of hydrogen-bond donors (Lipinski definition) is 0. The van der Waals surface area contributed by atoms with Crippen LogP contribution < -0.4 is 0 Å². The average Bonchev–Trinajstić information content (AvgIpc) is 2.11. The Labute approximate surface area is 81.9 Å². The van der Waals surface area contributed by atoms with Crippen LogP contribution in [0.3, 0.4) is 0 Å². The van der Waals surface area contributed by atoms with E-state index in [0.29, 0.717) is 19.4 Å². The first-order valence-electron chi connectivity index (χ1n) is 4.64. The summed E-state index contributed by atoms with van der Waals surface area (Å²) in [7, 11) is 0. The van der Waals surface area contributed by atoms with E-state index < -0.39 is 24.7 Å². The van der Waals surface area contributed by atoms with Gasteiger partial charge in [0.1, 0.15) is 0 Å². The van der Waals surface area contributed by atoms with E-state index in [4.69, 9.17) is 0 Å². The largest absolute Gasteiger partial charge is 0.463 e. The van der Waals surface area contributed by atoms with Gasteiger partial charge in [0.25, 0.3) is 0 Å². The van der Waals surface area contributed by atoms with Gasteiger partial charge in [-0.2, -0.15) is 0 Å². The second kappa shape index (κ2) is 4.53. The normalized spacial score (nSPS) is 18.6. The van der Waals surface area contributed by atoms with Crippen LogP contribution >= 0.6 is 0 Å². The van der Waals surface area contributed by atoms with E-state index in [-0.39, 0.29) is 0 Å². The molecule has 0 heterocycles. The zero-order valence-corrected chi connectivity index (χ0v) is 8.19. The number of allylic oxidation sites excluding steroid dienone is 1. The van der Waals surface area contributed by atoms with Gasteiger partial charge in [0.15, 0.2) is 0 Å². The summed E-state index contributed by atoms with van der Waals surface area (Å²) in [6.45, 7) is 0.706. The first-order valence-corrected chi connectivity index (χ1v) is 4.64. The van der Waals surface area contributed by atoms with Gasteiger partial charge in [-0.15, -0.1) is 0 Å². The zero-order chi connectivity index (χ0) is 10.6. The molecule has 0 N–H and O–H groups in total. The molecule has 0 radical (unpaired) electrons. The SMILES string of the molecule is CCOC(=O)C=C1CC(CF)(CF)C1. The minimum atomic E-state index is -0.849. The summed E-state index contributed by atoms with van der Waals surface area (Å²) < 4.78 is 29.4. The molecule has 0 atom stereocenters. The zero-order valence-electron chi connectivity index (χ0n) is 8.19. The van der Waals surface area contributed by atoms with E-state index in [1.165, 1.54) is 6.08 Å². The molecule has 0 unspecified atom stereocenters. The van der Waals surface area contributed by atoms with Crippen molar-refractivity contribution < 1.29 is 18.3 Å². The van der Waals surface area contributed by atoms with Gasteiger partial charge in [-0.25, -0.2) is 4.79 Å². The standard InChI is InChI=1S/C10H14F2O2/c1-2-14-9(13)3-8-4-10(5-8,6-11)7-12/h3H,2,4-7H2,1H3. The van der Waals surface area contributed by atoms with Crippen molar-refractivity contribution in [3.05, 3.63) is 11.6 Å². The summed E-state index contributed by atoms with van der Waals surface area (Å²) in [6, 6.07) is 0. The lowest BCUT2D eigenvalue weighted by Gasteiger charge is -2.39. The molecule has 0 aromatic carbocycles. The molecule has 0 aromatic rings. The molecule has 0 spiro atoms. The summed E-state index contributed by atoms with van der Waals surface area (Å²) in [4.78, 5) is 10.9. The number of hydrogen-bond acceptors (Lipinski definition) is 2. The van der Waals surface area contributed by atoms with Gasteiger partial charge < -0.3 is 4.74 Å². The second-order valence-corrected chi connectivity index (χ2v) is 3.68. The first kappa shape index (κ1) is 11.1. The fourth-order valence-electron chi connectivity index (χ4n) is 1.59. The highest BCUT2D eigenvalue weighted by atomic mass is 19.1. The molecule has 0 aliphatic heterocycles. The van der Waals surface area contributed by atoms with E-state index in [9.17, 15) is 13.6 Å². The molecule has 1 rings (SSSR count). The Morgan fingerprint density at radius 1 is 1.50 bits per heavy atom. The number of esters is 1. The Kier molecular flexibility index (Phi) is 3.61. The van der Waals surface area contributed by atoms with Crippen LogP contribution in [0.4, 0.5) is 8.78 Å². The fraction of sp³-hybridized carbons (Fsp3) is 0.700. The van der Waals surface area contributed by atoms with E-state index in [1.54, 1.807) is 6.92 Å². The summed E-state index contributed by atoms with van der Waals surface area (Å²) in [5, 5.41) is 0. The quantitative estimate of drug-likeness (QED) is 0.518. The Bertz CT molecular complexity index is 235. The fourth-order valence-corrected chi connectivity index (χ4v) is 1.59. The number of rotatable bonds is 4. The highest BCUT2D eigenvalue weighted by Crippen LogP contribution is 2.45. The third kappa shape index (κ3) is 2.30. The molecule has 0 amide bonds. The molecule has 2 nitrogen and oxygen atoms in total. The van der Waals surface area contributed by atoms with Gasteiger partial charge in [0.05, 0.1) is 20.0 Å². The van der Waals surface area contributed by atoms with Crippen molar-refractivity contribution in [1.29, 1.82) is 0 Å². The van der Waals surface area contributed by atoms with E-state index in [2.05, 4.69) is 4.74 Å². The summed E-state index contributed by atoms with van der Waals surface area (Å²) in [5.41, 5.74) is -0.0723. The molecular formula is C10H14F2O2.